The van der Waals surface area contributed by atoms with Crippen LogP contribution in [0.15, 0.2) is 0 Å². The third kappa shape index (κ3) is 4.41. The van der Waals surface area contributed by atoms with Crippen LogP contribution in [0.4, 0.5) is 0 Å². The molecule has 1 heterocycles. The zero-order valence-corrected chi connectivity index (χ0v) is 9.18. The number of unbranched alkanes of at least 4 members (excludes halogenated alkanes) is 1. The molecule has 12 heavy (non-hydrogen) atoms. The SMILES string of the molecule is CC(=O)CCCCC1CSSC1. The molecule has 1 nitrogen and oxygen atoms in total. The molecule has 1 saturated heterocycles. The molecule has 0 aliphatic carbocycles. The van der Waals surface area contributed by atoms with Crippen LogP contribution in [0.3, 0.4) is 0 Å². The number of carbonyl (C=O) groups excluding carboxylic acids is 1. The Bertz CT molecular complexity index is 141. The Morgan fingerprint density at radius 1 is 1.33 bits per heavy atom. The topological polar surface area (TPSA) is 17.1 Å². The maximum atomic E-state index is 10.6. The highest BCUT2D eigenvalue weighted by molar-refractivity contribution is 8.77. The summed E-state index contributed by atoms with van der Waals surface area (Å²) < 4.78 is 0. The van der Waals surface area contributed by atoms with Crippen molar-refractivity contribution >= 4 is 27.4 Å². The molecular weight excluding hydrogens is 188 g/mol. The van der Waals surface area contributed by atoms with Gasteiger partial charge in [-0.05, 0) is 25.7 Å². The predicted octanol–water partition coefficient (Wildman–Crippen LogP) is 3.15. The fourth-order valence-electron chi connectivity index (χ4n) is 1.31. The molecule has 0 unspecified atom stereocenters. The summed E-state index contributed by atoms with van der Waals surface area (Å²) in [5.74, 6) is 3.91. The van der Waals surface area contributed by atoms with Gasteiger partial charge in [0.1, 0.15) is 5.78 Å². The van der Waals surface area contributed by atoms with Crippen LogP contribution < -0.4 is 0 Å². The lowest BCUT2D eigenvalue weighted by molar-refractivity contribution is -0.117. The second-order valence-electron chi connectivity index (χ2n) is 3.38. The van der Waals surface area contributed by atoms with Gasteiger partial charge in [-0.15, -0.1) is 0 Å². The van der Waals surface area contributed by atoms with E-state index in [1.54, 1.807) is 6.92 Å². The lowest BCUT2D eigenvalue weighted by Gasteiger charge is -2.05. The second kappa shape index (κ2) is 5.92. The van der Waals surface area contributed by atoms with E-state index in [1.165, 1.54) is 24.3 Å². The largest absolute Gasteiger partial charge is 0.300 e. The molecule has 70 valence electrons. The molecule has 0 aromatic carbocycles. The van der Waals surface area contributed by atoms with Crippen LogP contribution in [0.2, 0.25) is 0 Å². The fraction of sp³-hybridized carbons (Fsp3) is 0.889. The first-order chi connectivity index (χ1) is 5.79. The molecule has 0 atom stereocenters. The zero-order valence-electron chi connectivity index (χ0n) is 7.54. The monoisotopic (exact) mass is 204 g/mol. The summed E-state index contributed by atoms with van der Waals surface area (Å²) >= 11 is 0. The average Bonchev–Trinajstić information content (AvgIpc) is 2.49. The molecule has 0 saturated carbocycles. The van der Waals surface area contributed by atoms with Crippen molar-refractivity contribution in [2.45, 2.75) is 32.6 Å². The smallest absolute Gasteiger partial charge is 0.129 e. The summed E-state index contributed by atoms with van der Waals surface area (Å²) in [6, 6.07) is 0. The number of rotatable bonds is 5. The van der Waals surface area contributed by atoms with Gasteiger partial charge in [0.05, 0.1) is 0 Å². The number of Topliss-reactive ketones (excluding diaryl/α,β-unsaturated/α-hetero) is 1. The van der Waals surface area contributed by atoms with Gasteiger partial charge in [-0.25, -0.2) is 0 Å². The highest BCUT2D eigenvalue weighted by atomic mass is 33.1. The first-order valence-electron chi connectivity index (χ1n) is 4.53. The number of hydrogen-bond acceptors (Lipinski definition) is 3. The Balaban J connectivity index is 1.91. The van der Waals surface area contributed by atoms with E-state index in [9.17, 15) is 4.79 Å². The van der Waals surface area contributed by atoms with Gasteiger partial charge in [0.25, 0.3) is 0 Å². The summed E-state index contributed by atoms with van der Waals surface area (Å²) in [6.07, 6.45) is 4.45. The molecule has 1 aliphatic rings. The second-order valence-corrected chi connectivity index (χ2v) is 5.94. The van der Waals surface area contributed by atoms with Crippen LogP contribution in [0.5, 0.6) is 0 Å². The Labute approximate surface area is 82.5 Å². The van der Waals surface area contributed by atoms with Crippen molar-refractivity contribution in [1.82, 2.24) is 0 Å². The van der Waals surface area contributed by atoms with E-state index in [0.29, 0.717) is 5.78 Å². The summed E-state index contributed by atoms with van der Waals surface area (Å²) in [7, 11) is 3.99. The minimum atomic E-state index is 0.338. The minimum absolute atomic E-state index is 0.338. The number of hydrogen-bond donors (Lipinski definition) is 0. The number of ketones is 1. The Kier molecular flexibility index (Phi) is 5.16. The lowest BCUT2D eigenvalue weighted by atomic mass is 10.0. The van der Waals surface area contributed by atoms with E-state index >= 15 is 0 Å². The van der Waals surface area contributed by atoms with Gasteiger partial charge < -0.3 is 4.79 Å². The van der Waals surface area contributed by atoms with Crippen LogP contribution in [0.1, 0.15) is 32.6 Å². The molecule has 3 heteroatoms. The van der Waals surface area contributed by atoms with Gasteiger partial charge in [0.15, 0.2) is 0 Å². The number of carbonyl (C=O) groups is 1. The Morgan fingerprint density at radius 2 is 2.00 bits per heavy atom. The molecule has 0 spiro atoms. The van der Waals surface area contributed by atoms with Crippen LogP contribution in [-0.4, -0.2) is 17.3 Å². The Hall–Kier alpha value is 0.370. The van der Waals surface area contributed by atoms with E-state index in [2.05, 4.69) is 0 Å². The quantitative estimate of drug-likeness (QED) is 0.506. The van der Waals surface area contributed by atoms with Crippen LogP contribution in [0.25, 0.3) is 0 Å². The van der Waals surface area contributed by atoms with Gasteiger partial charge >= 0.3 is 0 Å². The van der Waals surface area contributed by atoms with Gasteiger partial charge in [0, 0.05) is 17.9 Å². The van der Waals surface area contributed by atoms with Crippen molar-refractivity contribution in [1.29, 1.82) is 0 Å². The molecule has 1 rings (SSSR count). The Morgan fingerprint density at radius 3 is 2.58 bits per heavy atom. The minimum Gasteiger partial charge on any atom is -0.300 e. The molecule has 0 aromatic rings. The van der Waals surface area contributed by atoms with E-state index in [0.717, 1.165) is 18.8 Å². The van der Waals surface area contributed by atoms with E-state index in [1.807, 2.05) is 21.6 Å². The average molecular weight is 204 g/mol. The summed E-state index contributed by atoms with van der Waals surface area (Å²) in [5.41, 5.74) is 0. The van der Waals surface area contributed by atoms with Gasteiger partial charge in [-0.1, -0.05) is 28.0 Å². The predicted molar refractivity (Wildman–Crippen MR) is 57.6 cm³/mol. The van der Waals surface area contributed by atoms with Crippen molar-refractivity contribution in [3.63, 3.8) is 0 Å². The maximum Gasteiger partial charge on any atom is 0.129 e. The first-order valence-corrected chi connectivity index (χ1v) is 7.01. The highest BCUT2D eigenvalue weighted by Gasteiger charge is 2.15. The van der Waals surface area contributed by atoms with E-state index < -0.39 is 0 Å². The molecule has 0 amide bonds. The zero-order chi connectivity index (χ0) is 8.81. The van der Waals surface area contributed by atoms with Crippen molar-refractivity contribution in [3.05, 3.63) is 0 Å². The summed E-state index contributed by atoms with van der Waals surface area (Å²) in [6.45, 7) is 1.68. The van der Waals surface area contributed by atoms with Gasteiger partial charge in [-0.3, -0.25) is 0 Å². The van der Waals surface area contributed by atoms with Crippen molar-refractivity contribution < 1.29 is 4.79 Å². The van der Waals surface area contributed by atoms with Crippen LogP contribution in [-0.2, 0) is 4.79 Å². The van der Waals surface area contributed by atoms with Crippen molar-refractivity contribution in [3.8, 4) is 0 Å². The molecule has 0 radical (unpaired) electrons. The van der Waals surface area contributed by atoms with Gasteiger partial charge in [-0.2, -0.15) is 0 Å². The molecular formula is C9H16OS2. The highest BCUT2D eigenvalue weighted by Crippen LogP contribution is 2.36. The lowest BCUT2D eigenvalue weighted by Crippen LogP contribution is -2.01. The van der Waals surface area contributed by atoms with E-state index in [-0.39, 0.29) is 0 Å². The van der Waals surface area contributed by atoms with Crippen LogP contribution >= 0.6 is 21.6 Å². The third-order valence-electron chi connectivity index (χ3n) is 2.08. The standard InChI is InChI=1S/C9H16OS2/c1-8(10)4-2-3-5-9-6-11-12-7-9/h9H,2-7H2,1H3. The first kappa shape index (κ1) is 10.5. The fourth-order valence-corrected chi connectivity index (χ4v) is 4.34. The van der Waals surface area contributed by atoms with E-state index in [4.69, 9.17) is 0 Å². The van der Waals surface area contributed by atoms with Gasteiger partial charge in [0.2, 0.25) is 0 Å². The van der Waals surface area contributed by atoms with Crippen molar-refractivity contribution in [2.75, 3.05) is 11.5 Å². The molecule has 0 bridgehead atoms. The maximum absolute atomic E-state index is 10.6. The molecule has 0 aromatic heterocycles. The molecule has 0 N–H and O–H groups in total. The third-order valence-corrected chi connectivity index (χ3v) is 4.78. The molecule has 1 aliphatic heterocycles. The summed E-state index contributed by atoms with van der Waals surface area (Å²) in [5, 5.41) is 0. The van der Waals surface area contributed by atoms with Crippen LogP contribution in [0, 0.1) is 5.92 Å². The van der Waals surface area contributed by atoms with Crippen molar-refractivity contribution in [2.24, 2.45) is 5.92 Å². The normalized spacial score (nSPS) is 18.4. The molecule has 1 fully saturated rings. The summed E-state index contributed by atoms with van der Waals surface area (Å²) in [4.78, 5) is 10.6.